The molecule has 1 aliphatic rings. The SMILES string of the molecule is C=C(C)CCCC.CCCCC(C)C/C=C/C1CCCC1. The van der Waals surface area contributed by atoms with Crippen molar-refractivity contribution in [2.75, 3.05) is 0 Å². The summed E-state index contributed by atoms with van der Waals surface area (Å²) in [6.07, 6.45) is 20.0. The molecule has 1 unspecified atom stereocenters. The minimum Gasteiger partial charge on any atom is -0.100 e. The van der Waals surface area contributed by atoms with Crippen molar-refractivity contribution in [3.05, 3.63) is 24.3 Å². The van der Waals surface area contributed by atoms with Crippen LogP contribution < -0.4 is 0 Å². The highest BCUT2D eigenvalue weighted by Gasteiger charge is 2.10. The highest BCUT2D eigenvalue weighted by atomic mass is 14.2. The van der Waals surface area contributed by atoms with Crippen molar-refractivity contribution in [3.63, 3.8) is 0 Å². The van der Waals surface area contributed by atoms with E-state index in [0.29, 0.717) is 0 Å². The van der Waals surface area contributed by atoms with Crippen LogP contribution in [0.15, 0.2) is 24.3 Å². The standard InChI is InChI=1S/C14H26.C7H14/c1-3-4-8-13(2)9-7-12-14-10-5-6-11-14;1-4-5-6-7(2)3/h7,12-14H,3-6,8-11H2,1-2H3;2,4-6H2,1,3H3/b12-7+;. The lowest BCUT2D eigenvalue weighted by molar-refractivity contribution is 0.510. The normalized spacial score (nSPS) is 16.8. The molecule has 0 aromatic carbocycles. The van der Waals surface area contributed by atoms with Gasteiger partial charge in [-0.3, -0.25) is 0 Å². The fraction of sp³-hybridized carbons (Fsp3) is 0.810. The van der Waals surface area contributed by atoms with Crippen molar-refractivity contribution >= 4 is 0 Å². The predicted molar refractivity (Wildman–Crippen MR) is 98.7 cm³/mol. The van der Waals surface area contributed by atoms with Gasteiger partial charge in [0.25, 0.3) is 0 Å². The van der Waals surface area contributed by atoms with Crippen molar-refractivity contribution in [2.24, 2.45) is 11.8 Å². The molecule has 0 aromatic rings. The summed E-state index contributed by atoms with van der Waals surface area (Å²) < 4.78 is 0. The molecular weight excluding hydrogens is 252 g/mol. The van der Waals surface area contributed by atoms with E-state index in [9.17, 15) is 0 Å². The molecule has 0 radical (unpaired) electrons. The molecule has 0 aromatic heterocycles. The number of rotatable bonds is 9. The number of allylic oxidation sites excluding steroid dienone is 3. The van der Waals surface area contributed by atoms with Gasteiger partial charge in [0.1, 0.15) is 0 Å². The average molecular weight is 293 g/mol. The Hall–Kier alpha value is -0.520. The molecule has 1 atom stereocenters. The van der Waals surface area contributed by atoms with E-state index in [-0.39, 0.29) is 0 Å². The van der Waals surface area contributed by atoms with Crippen molar-refractivity contribution in [1.29, 1.82) is 0 Å². The predicted octanol–water partition coefficient (Wildman–Crippen LogP) is 7.70. The maximum Gasteiger partial charge on any atom is -0.0234 e. The molecule has 1 fully saturated rings. The molecule has 0 saturated heterocycles. The summed E-state index contributed by atoms with van der Waals surface area (Å²) in [5.41, 5.74) is 1.31. The molecule has 1 aliphatic carbocycles. The van der Waals surface area contributed by atoms with Crippen molar-refractivity contribution < 1.29 is 0 Å². The maximum atomic E-state index is 3.79. The topological polar surface area (TPSA) is 0 Å². The van der Waals surface area contributed by atoms with Gasteiger partial charge in [-0.15, -0.1) is 6.58 Å². The zero-order valence-corrected chi connectivity index (χ0v) is 15.3. The lowest BCUT2D eigenvalue weighted by Crippen LogP contribution is -1.93. The van der Waals surface area contributed by atoms with Gasteiger partial charge < -0.3 is 0 Å². The minimum atomic E-state index is 0.896. The van der Waals surface area contributed by atoms with E-state index in [2.05, 4.69) is 46.4 Å². The fourth-order valence-corrected chi connectivity index (χ4v) is 2.80. The lowest BCUT2D eigenvalue weighted by Gasteiger charge is -2.07. The maximum absolute atomic E-state index is 3.79. The van der Waals surface area contributed by atoms with Crippen LogP contribution in [0, 0.1) is 11.8 Å². The Kier molecular flexibility index (Phi) is 14.1. The second kappa shape index (κ2) is 14.4. The molecule has 0 aliphatic heterocycles. The largest absolute Gasteiger partial charge is 0.100 e. The third-order valence-electron chi connectivity index (χ3n) is 4.35. The van der Waals surface area contributed by atoms with Crippen LogP contribution in [0.4, 0.5) is 0 Å². The van der Waals surface area contributed by atoms with Gasteiger partial charge in [-0.05, 0) is 50.9 Å². The van der Waals surface area contributed by atoms with Crippen LogP contribution >= 0.6 is 0 Å². The summed E-state index contributed by atoms with van der Waals surface area (Å²) in [4.78, 5) is 0. The van der Waals surface area contributed by atoms with Gasteiger partial charge >= 0.3 is 0 Å². The van der Waals surface area contributed by atoms with E-state index >= 15 is 0 Å². The molecule has 0 heteroatoms. The van der Waals surface area contributed by atoms with Crippen molar-refractivity contribution in [1.82, 2.24) is 0 Å². The number of hydrogen-bond donors (Lipinski definition) is 0. The van der Waals surface area contributed by atoms with Crippen molar-refractivity contribution in [3.8, 4) is 0 Å². The van der Waals surface area contributed by atoms with E-state index in [1.807, 2.05) is 0 Å². The van der Waals surface area contributed by atoms with Gasteiger partial charge in [0.05, 0.1) is 0 Å². The zero-order chi connectivity index (χ0) is 15.9. The smallest absolute Gasteiger partial charge is 0.0234 e. The van der Waals surface area contributed by atoms with Gasteiger partial charge in [0.15, 0.2) is 0 Å². The van der Waals surface area contributed by atoms with Crippen LogP contribution in [0.3, 0.4) is 0 Å². The lowest BCUT2D eigenvalue weighted by atomic mass is 9.99. The third-order valence-corrected chi connectivity index (χ3v) is 4.35. The van der Waals surface area contributed by atoms with Gasteiger partial charge in [0, 0.05) is 0 Å². The summed E-state index contributed by atoms with van der Waals surface area (Å²) in [7, 11) is 0. The Labute approximate surface area is 135 Å². The summed E-state index contributed by atoms with van der Waals surface area (Å²) in [5.74, 6) is 1.82. The first kappa shape index (κ1) is 20.5. The first-order chi connectivity index (χ1) is 10.1. The quantitative estimate of drug-likeness (QED) is 0.382. The second-order valence-electron chi connectivity index (χ2n) is 7.02. The number of hydrogen-bond acceptors (Lipinski definition) is 0. The van der Waals surface area contributed by atoms with Gasteiger partial charge in [0.2, 0.25) is 0 Å². The molecule has 0 spiro atoms. The molecule has 0 amide bonds. The highest BCUT2D eigenvalue weighted by Crippen LogP contribution is 2.26. The molecule has 0 heterocycles. The first-order valence-corrected chi connectivity index (χ1v) is 9.41. The van der Waals surface area contributed by atoms with Crippen LogP contribution in [-0.4, -0.2) is 0 Å². The van der Waals surface area contributed by atoms with Crippen LogP contribution in [0.5, 0.6) is 0 Å². The highest BCUT2D eigenvalue weighted by molar-refractivity contribution is 4.91. The summed E-state index contributed by atoms with van der Waals surface area (Å²) >= 11 is 0. The van der Waals surface area contributed by atoms with Crippen LogP contribution in [-0.2, 0) is 0 Å². The van der Waals surface area contributed by atoms with Gasteiger partial charge in [-0.2, -0.15) is 0 Å². The van der Waals surface area contributed by atoms with Crippen LogP contribution in [0.2, 0.25) is 0 Å². The van der Waals surface area contributed by atoms with E-state index in [1.165, 1.54) is 76.2 Å². The summed E-state index contributed by atoms with van der Waals surface area (Å²) in [6, 6.07) is 0. The van der Waals surface area contributed by atoms with E-state index in [4.69, 9.17) is 0 Å². The molecule has 0 N–H and O–H groups in total. The molecule has 1 saturated carbocycles. The summed E-state index contributed by atoms with van der Waals surface area (Å²) in [6.45, 7) is 12.7. The van der Waals surface area contributed by atoms with E-state index in [1.54, 1.807) is 0 Å². The van der Waals surface area contributed by atoms with Crippen molar-refractivity contribution in [2.45, 2.75) is 98.3 Å². The monoisotopic (exact) mass is 292 g/mol. The second-order valence-corrected chi connectivity index (χ2v) is 7.02. The fourth-order valence-electron chi connectivity index (χ4n) is 2.80. The molecule has 0 bridgehead atoms. The Bertz CT molecular complexity index is 255. The van der Waals surface area contributed by atoms with Gasteiger partial charge in [-0.1, -0.05) is 77.0 Å². The third kappa shape index (κ3) is 14.2. The van der Waals surface area contributed by atoms with Crippen LogP contribution in [0.1, 0.15) is 98.3 Å². The molecule has 0 nitrogen and oxygen atoms in total. The summed E-state index contributed by atoms with van der Waals surface area (Å²) in [5, 5.41) is 0. The Balaban J connectivity index is 0.000000486. The zero-order valence-electron chi connectivity index (χ0n) is 15.3. The Morgan fingerprint density at radius 2 is 1.76 bits per heavy atom. The first-order valence-electron chi connectivity index (χ1n) is 9.41. The number of unbranched alkanes of at least 4 members (excludes halogenated alkanes) is 2. The molecule has 21 heavy (non-hydrogen) atoms. The molecular formula is C21H40. The van der Waals surface area contributed by atoms with E-state index < -0.39 is 0 Å². The minimum absolute atomic E-state index is 0.896. The van der Waals surface area contributed by atoms with Gasteiger partial charge in [-0.25, -0.2) is 0 Å². The molecule has 1 rings (SSSR count). The average Bonchev–Trinajstić information content (AvgIpc) is 2.97. The van der Waals surface area contributed by atoms with E-state index in [0.717, 1.165) is 11.8 Å². The van der Waals surface area contributed by atoms with Crippen LogP contribution in [0.25, 0.3) is 0 Å². The Morgan fingerprint density at radius 3 is 2.24 bits per heavy atom. The molecule has 124 valence electrons. The Morgan fingerprint density at radius 1 is 1.14 bits per heavy atom.